The van der Waals surface area contributed by atoms with Crippen LogP contribution in [0.4, 0.5) is 0 Å². The van der Waals surface area contributed by atoms with Crippen LogP contribution in [0.2, 0.25) is 0 Å². The molecule has 0 aliphatic heterocycles. The summed E-state index contributed by atoms with van der Waals surface area (Å²) in [5, 5.41) is 21.0. The Kier molecular flexibility index (Phi) is 4.60. The average Bonchev–Trinajstić information content (AvgIpc) is 2.63. The molecule has 0 unspecified atom stereocenters. The van der Waals surface area contributed by atoms with E-state index >= 15 is 0 Å². The van der Waals surface area contributed by atoms with E-state index in [-0.39, 0.29) is 11.3 Å². The Balaban J connectivity index is 2.93. The van der Waals surface area contributed by atoms with Gasteiger partial charge in [0.05, 0.1) is 0 Å². The van der Waals surface area contributed by atoms with Gasteiger partial charge in [0.25, 0.3) is 0 Å². The fraction of sp³-hybridized carbons (Fsp3) is 0.400. The number of rotatable bonds is 4. The van der Waals surface area contributed by atoms with Crippen molar-refractivity contribution in [1.82, 2.24) is 4.98 Å². The third-order valence-corrected chi connectivity index (χ3v) is 3.03. The van der Waals surface area contributed by atoms with E-state index in [1.165, 1.54) is 11.3 Å². The lowest BCUT2D eigenvalue weighted by Crippen LogP contribution is -1.91. The van der Waals surface area contributed by atoms with Crippen molar-refractivity contribution in [2.75, 3.05) is 5.88 Å². The number of hydrogen-bond donors (Lipinski definition) is 1. The van der Waals surface area contributed by atoms with Crippen LogP contribution in [-0.2, 0) is 0 Å². The molecule has 0 spiro atoms. The molecule has 0 aliphatic carbocycles. The minimum atomic E-state index is 0.0764. The molecule has 0 fully saturated rings. The molecule has 15 heavy (non-hydrogen) atoms. The summed E-state index contributed by atoms with van der Waals surface area (Å²) in [7, 11) is 0. The maximum absolute atomic E-state index is 9.67. The van der Waals surface area contributed by atoms with Gasteiger partial charge >= 0.3 is 0 Å². The van der Waals surface area contributed by atoms with E-state index < -0.39 is 0 Å². The van der Waals surface area contributed by atoms with Crippen molar-refractivity contribution in [2.24, 2.45) is 0 Å². The predicted octanol–water partition coefficient (Wildman–Crippen LogP) is 3.26. The Labute approximate surface area is 97.6 Å². The number of aliphatic hydroxyl groups is 1. The van der Waals surface area contributed by atoms with Crippen molar-refractivity contribution in [1.29, 1.82) is 5.26 Å². The van der Waals surface area contributed by atoms with Gasteiger partial charge in [0, 0.05) is 23.4 Å². The lowest BCUT2D eigenvalue weighted by molar-refractivity contribution is 0.390. The molecule has 0 aromatic carbocycles. The molecule has 80 valence electrons. The van der Waals surface area contributed by atoms with Gasteiger partial charge in [-0.2, -0.15) is 5.26 Å². The first-order valence-electron chi connectivity index (χ1n) is 4.49. The monoisotopic (exact) mass is 242 g/mol. The molecule has 1 heterocycles. The number of aryl methyl sites for hydroxylation is 1. The van der Waals surface area contributed by atoms with E-state index in [0.717, 1.165) is 5.69 Å². The fourth-order valence-corrected chi connectivity index (χ4v) is 2.01. The number of thiazole rings is 1. The van der Waals surface area contributed by atoms with Crippen LogP contribution in [0.1, 0.15) is 23.5 Å². The van der Waals surface area contributed by atoms with Gasteiger partial charge in [-0.1, -0.05) is 0 Å². The number of hydrogen-bond acceptors (Lipinski definition) is 4. The highest BCUT2D eigenvalue weighted by atomic mass is 35.5. The third kappa shape index (κ3) is 3.22. The quantitative estimate of drug-likeness (QED) is 0.501. The fourth-order valence-electron chi connectivity index (χ4n) is 1.06. The van der Waals surface area contributed by atoms with Crippen molar-refractivity contribution >= 4 is 28.5 Å². The summed E-state index contributed by atoms with van der Waals surface area (Å²) in [4.78, 5) is 4.16. The van der Waals surface area contributed by atoms with Crippen molar-refractivity contribution in [3.05, 3.63) is 21.8 Å². The van der Waals surface area contributed by atoms with Gasteiger partial charge in [0.1, 0.15) is 22.4 Å². The first-order chi connectivity index (χ1) is 7.19. The number of aliphatic hydroxyl groups excluding tert-OH is 1. The molecule has 0 aliphatic rings. The van der Waals surface area contributed by atoms with Crippen molar-refractivity contribution in [3.8, 4) is 6.07 Å². The predicted molar refractivity (Wildman–Crippen MR) is 62.0 cm³/mol. The van der Waals surface area contributed by atoms with Crippen LogP contribution in [0.3, 0.4) is 0 Å². The van der Waals surface area contributed by atoms with Crippen LogP contribution >= 0.6 is 22.9 Å². The van der Waals surface area contributed by atoms with Gasteiger partial charge < -0.3 is 5.11 Å². The molecule has 5 heteroatoms. The normalized spacial score (nSPS) is 12.1. The smallest absolute Gasteiger partial charge is 0.137 e. The number of nitriles is 1. The Bertz CT molecular complexity index is 406. The molecular formula is C10H11ClN2OS. The molecule has 0 bridgehead atoms. The zero-order valence-corrected chi connectivity index (χ0v) is 9.90. The zero-order valence-electron chi connectivity index (χ0n) is 8.33. The standard InChI is InChI=1S/C10H11ClN2OS/c1-7-6-15-10(13-7)8(5-12)9(14)3-2-4-11/h6,14H,2-4H2,1H3/b9-8-. The molecule has 1 aromatic rings. The number of aromatic nitrogens is 1. The molecule has 3 nitrogen and oxygen atoms in total. The highest BCUT2D eigenvalue weighted by Gasteiger charge is 2.11. The topological polar surface area (TPSA) is 56.9 Å². The largest absolute Gasteiger partial charge is 0.511 e. The van der Waals surface area contributed by atoms with Crippen molar-refractivity contribution < 1.29 is 5.11 Å². The summed E-state index contributed by atoms with van der Waals surface area (Å²) in [6.07, 6.45) is 1.08. The van der Waals surface area contributed by atoms with Crippen LogP contribution in [0.5, 0.6) is 0 Å². The van der Waals surface area contributed by atoms with Gasteiger partial charge in [-0.25, -0.2) is 4.98 Å². The second-order valence-corrected chi connectivity index (χ2v) is 4.26. The molecule has 1 aromatic heterocycles. The van der Waals surface area contributed by atoms with Crippen LogP contribution in [0, 0.1) is 18.3 Å². The van der Waals surface area contributed by atoms with E-state index in [2.05, 4.69) is 4.98 Å². The lowest BCUT2D eigenvalue weighted by atomic mass is 10.2. The van der Waals surface area contributed by atoms with E-state index in [1.54, 1.807) is 0 Å². The Hall–Kier alpha value is -1.05. The number of nitrogens with zero attached hydrogens (tertiary/aromatic N) is 2. The lowest BCUT2D eigenvalue weighted by Gasteiger charge is -1.99. The summed E-state index contributed by atoms with van der Waals surface area (Å²) in [6, 6.07) is 1.97. The second-order valence-electron chi connectivity index (χ2n) is 3.02. The van der Waals surface area contributed by atoms with Gasteiger partial charge in [-0.15, -0.1) is 22.9 Å². The van der Waals surface area contributed by atoms with Crippen LogP contribution in [0.25, 0.3) is 5.57 Å². The zero-order chi connectivity index (χ0) is 11.3. The minimum Gasteiger partial charge on any atom is -0.511 e. The second kappa shape index (κ2) is 5.74. The molecule has 0 radical (unpaired) electrons. The highest BCUT2D eigenvalue weighted by molar-refractivity contribution is 7.10. The molecular weight excluding hydrogens is 232 g/mol. The van der Waals surface area contributed by atoms with Gasteiger partial charge in [-0.3, -0.25) is 0 Å². The third-order valence-electron chi connectivity index (χ3n) is 1.78. The summed E-state index contributed by atoms with van der Waals surface area (Å²) in [6.45, 7) is 1.85. The number of allylic oxidation sites excluding steroid dienone is 2. The maximum atomic E-state index is 9.67. The Morgan fingerprint density at radius 3 is 2.93 bits per heavy atom. The first kappa shape index (κ1) is 12.0. The first-order valence-corrected chi connectivity index (χ1v) is 5.91. The number of halogens is 1. The summed E-state index contributed by atoms with van der Waals surface area (Å²) < 4.78 is 0. The SMILES string of the molecule is Cc1csc(/C(C#N)=C(\O)CCCCl)n1. The Morgan fingerprint density at radius 1 is 1.73 bits per heavy atom. The van der Waals surface area contributed by atoms with Crippen LogP contribution in [0.15, 0.2) is 11.1 Å². The summed E-state index contributed by atoms with van der Waals surface area (Å²) >= 11 is 6.87. The van der Waals surface area contributed by atoms with Crippen LogP contribution < -0.4 is 0 Å². The summed E-state index contributed by atoms with van der Waals surface area (Å²) in [5.41, 5.74) is 1.12. The molecule has 0 amide bonds. The van der Waals surface area contributed by atoms with Crippen LogP contribution in [-0.4, -0.2) is 16.0 Å². The Morgan fingerprint density at radius 2 is 2.47 bits per heavy atom. The summed E-state index contributed by atoms with van der Waals surface area (Å²) in [5.74, 6) is 0.548. The number of alkyl halides is 1. The highest BCUT2D eigenvalue weighted by Crippen LogP contribution is 2.23. The van der Waals surface area contributed by atoms with E-state index in [9.17, 15) is 5.11 Å². The minimum absolute atomic E-state index is 0.0764. The van der Waals surface area contributed by atoms with Crippen molar-refractivity contribution in [3.63, 3.8) is 0 Å². The van der Waals surface area contributed by atoms with Crippen molar-refractivity contribution in [2.45, 2.75) is 19.8 Å². The van der Waals surface area contributed by atoms with E-state index in [0.29, 0.717) is 23.7 Å². The molecule has 0 saturated carbocycles. The average molecular weight is 243 g/mol. The molecule has 1 N–H and O–H groups in total. The maximum Gasteiger partial charge on any atom is 0.137 e. The molecule has 1 rings (SSSR count). The van der Waals surface area contributed by atoms with Gasteiger partial charge in [-0.05, 0) is 13.3 Å². The van der Waals surface area contributed by atoms with Gasteiger partial charge in [0.2, 0.25) is 0 Å². The molecule has 0 atom stereocenters. The molecule has 0 saturated heterocycles. The van der Waals surface area contributed by atoms with E-state index in [1.807, 2.05) is 18.4 Å². The van der Waals surface area contributed by atoms with Gasteiger partial charge in [0.15, 0.2) is 0 Å². The van der Waals surface area contributed by atoms with E-state index in [4.69, 9.17) is 16.9 Å².